The minimum Gasteiger partial charge on any atom is -0.497 e. The molecule has 1 aromatic carbocycles. The maximum atomic E-state index is 12.5. The fraction of sp³-hybridized carbons (Fsp3) is 0.400. The van der Waals surface area contributed by atoms with E-state index in [2.05, 4.69) is 15.6 Å². The maximum absolute atomic E-state index is 12.5. The molecule has 1 aliphatic carbocycles. The second-order valence-corrected chi connectivity index (χ2v) is 7.02. The summed E-state index contributed by atoms with van der Waals surface area (Å²) < 4.78 is 10.8. The second kappa shape index (κ2) is 9.45. The van der Waals surface area contributed by atoms with Gasteiger partial charge in [-0.3, -0.25) is 4.79 Å². The summed E-state index contributed by atoms with van der Waals surface area (Å²) in [5.41, 5.74) is 0.938. The van der Waals surface area contributed by atoms with Gasteiger partial charge in [-0.1, -0.05) is 0 Å². The highest BCUT2D eigenvalue weighted by atomic mass is 35.5. The SMILES string of the molecule is COc1ccc(Oc2ccc(NC(=O)C3CC34CCNCC4)cn2)cc1.Cl.Cl. The minimum absolute atomic E-state index is 0. The van der Waals surface area contributed by atoms with E-state index in [1.807, 2.05) is 30.3 Å². The predicted molar refractivity (Wildman–Crippen MR) is 113 cm³/mol. The third-order valence-corrected chi connectivity index (χ3v) is 5.39. The molecule has 1 aliphatic heterocycles. The van der Waals surface area contributed by atoms with Gasteiger partial charge in [0.05, 0.1) is 19.0 Å². The average molecular weight is 426 g/mol. The normalized spacial score (nSPS) is 19.0. The number of nitrogens with one attached hydrogen (secondary N) is 2. The summed E-state index contributed by atoms with van der Waals surface area (Å²) >= 11 is 0. The van der Waals surface area contributed by atoms with Crippen LogP contribution >= 0.6 is 24.8 Å². The molecule has 28 heavy (non-hydrogen) atoms. The lowest BCUT2D eigenvalue weighted by molar-refractivity contribution is -0.118. The molecule has 0 radical (unpaired) electrons. The summed E-state index contributed by atoms with van der Waals surface area (Å²) in [6, 6.07) is 10.9. The number of nitrogens with zero attached hydrogens (tertiary/aromatic N) is 1. The lowest BCUT2D eigenvalue weighted by Crippen LogP contribution is -2.31. The first-order valence-electron chi connectivity index (χ1n) is 8.98. The number of amides is 1. The second-order valence-electron chi connectivity index (χ2n) is 7.02. The monoisotopic (exact) mass is 425 g/mol. The Hall–Kier alpha value is -2.02. The molecule has 6 nitrogen and oxygen atoms in total. The number of rotatable bonds is 5. The van der Waals surface area contributed by atoms with Crippen LogP contribution < -0.4 is 20.1 Å². The number of ether oxygens (including phenoxy) is 2. The van der Waals surface area contributed by atoms with Crippen LogP contribution in [0, 0.1) is 11.3 Å². The summed E-state index contributed by atoms with van der Waals surface area (Å²) in [6.45, 7) is 2.03. The number of hydrogen-bond donors (Lipinski definition) is 2. The molecule has 4 rings (SSSR count). The van der Waals surface area contributed by atoms with Crippen molar-refractivity contribution in [3.05, 3.63) is 42.6 Å². The van der Waals surface area contributed by atoms with E-state index in [1.54, 1.807) is 19.4 Å². The molecule has 1 aromatic heterocycles. The van der Waals surface area contributed by atoms with Crippen molar-refractivity contribution in [2.45, 2.75) is 19.3 Å². The number of hydrogen-bond acceptors (Lipinski definition) is 5. The number of aromatic nitrogens is 1. The Bertz CT molecular complexity index is 778. The number of anilines is 1. The van der Waals surface area contributed by atoms with Crippen molar-refractivity contribution in [1.82, 2.24) is 10.3 Å². The van der Waals surface area contributed by atoms with E-state index in [-0.39, 0.29) is 42.1 Å². The molecule has 1 saturated carbocycles. The minimum atomic E-state index is 0. The zero-order valence-electron chi connectivity index (χ0n) is 15.6. The number of halogens is 2. The van der Waals surface area contributed by atoms with Crippen molar-refractivity contribution in [3.8, 4) is 17.4 Å². The molecular weight excluding hydrogens is 401 g/mol. The Labute approximate surface area is 177 Å². The van der Waals surface area contributed by atoms with Crippen LogP contribution in [0.25, 0.3) is 0 Å². The molecule has 2 heterocycles. The zero-order chi connectivity index (χ0) is 18.0. The number of piperidine rings is 1. The van der Waals surface area contributed by atoms with E-state index in [0.29, 0.717) is 17.3 Å². The largest absolute Gasteiger partial charge is 0.497 e. The van der Waals surface area contributed by atoms with Crippen molar-refractivity contribution in [2.24, 2.45) is 11.3 Å². The van der Waals surface area contributed by atoms with E-state index in [9.17, 15) is 4.79 Å². The van der Waals surface area contributed by atoms with Crippen LogP contribution in [0.5, 0.6) is 17.4 Å². The molecule has 1 saturated heterocycles. The van der Waals surface area contributed by atoms with Gasteiger partial charge in [0.2, 0.25) is 11.8 Å². The Kier molecular flexibility index (Phi) is 7.52. The van der Waals surface area contributed by atoms with E-state index >= 15 is 0 Å². The van der Waals surface area contributed by atoms with Gasteiger partial charge < -0.3 is 20.1 Å². The van der Waals surface area contributed by atoms with E-state index in [1.165, 1.54) is 0 Å². The third kappa shape index (κ3) is 4.87. The molecule has 2 aliphatic rings. The summed E-state index contributed by atoms with van der Waals surface area (Å²) in [5.74, 6) is 2.18. The summed E-state index contributed by atoms with van der Waals surface area (Å²) in [4.78, 5) is 16.8. The highest BCUT2D eigenvalue weighted by Crippen LogP contribution is 2.58. The fourth-order valence-corrected chi connectivity index (χ4v) is 3.70. The van der Waals surface area contributed by atoms with Gasteiger partial charge in [-0.2, -0.15) is 0 Å². The van der Waals surface area contributed by atoms with Crippen LogP contribution in [-0.4, -0.2) is 31.1 Å². The molecular formula is C20H25Cl2N3O3. The zero-order valence-corrected chi connectivity index (χ0v) is 17.3. The van der Waals surface area contributed by atoms with Crippen molar-refractivity contribution < 1.29 is 14.3 Å². The predicted octanol–water partition coefficient (Wildman–Crippen LogP) is 4.05. The first-order valence-corrected chi connectivity index (χ1v) is 8.98. The molecule has 152 valence electrons. The third-order valence-electron chi connectivity index (χ3n) is 5.39. The molecule has 0 bridgehead atoms. The van der Waals surface area contributed by atoms with Gasteiger partial charge in [-0.15, -0.1) is 24.8 Å². The summed E-state index contributed by atoms with van der Waals surface area (Å²) in [5, 5.41) is 6.35. The van der Waals surface area contributed by atoms with Crippen molar-refractivity contribution >= 4 is 36.4 Å². The standard InChI is InChI=1S/C20H23N3O3.2ClH/c1-25-15-3-5-16(6-4-15)26-18-7-2-14(13-22-18)23-19(24)17-12-20(17)8-10-21-11-9-20;;/h2-7,13,17,21H,8-12H2,1H3,(H,23,24);2*1H. The number of carbonyl (C=O) groups excluding carboxylic acids is 1. The van der Waals surface area contributed by atoms with E-state index in [4.69, 9.17) is 9.47 Å². The van der Waals surface area contributed by atoms with Crippen LogP contribution in [0.3, 0.4) is 0 Å². The Morgan fingerprint density at radius 3 is 2.39 bits per heavy atom. The highest BCUT2D eigenvalue weighted by Gasteiger charge is 2.57. The number of benzene rings is 1. The first kappa shape index (κ1) is 22.3. The van der Waals surface area contributed by atoms with Crippen LogP contribution in [0.4, 0.5) is 5.69 Å². The quantitative estimate of drug-likeness (QED) is 0.755. The van der Waals surface area contributed by atoms with Gasteiger partial charge in [0.15, 0.2) is 0 Å². The molecule has 2 N–H and O–H groups in total. The van der Waals surface area contributed by atoms with Crippen molar-refractivity contribution in [3.63, 3.8) is 0 Å². The van der Waals surface area contributed by atoms with E-state index < -0.39 is 0 Å². The van der Waals surface area contributed by atoms with Crippen LogP contribution in [-0.2, 0) is 4.79 Å². The summed E-state index contributed by atoms with van der Waals surface area (Å²) in [7, 11) is 1.62. The van der Waals surface area contributed by atoms with Crippen LogP contribution in [0.1, 0.15) is 19.3 Å². The topological polar surface area (TPSA) is 72.5 Å². The van der Waals surface area contributed by atoms with Crippen LogP contribution in [0.15, 0.2) is 42.6 Å². The Balaban J connectivity index is 0.00000140. The Morgan fingerprint density at radius 1 is 1.11 bits per heavy atom. The fourth-order valence-electron chi connectivity index (χ4n) is 3.70. The molecule has 1 unspecified atom stereocenters. The van der Waals surface area contributed by atoms with Gasteiger partial charge in [-0.05, 0) is 68.1 Å². The lowest BCUT2D eigenvalue weighted by atomic mass is 9.92. The number of methoxy groups -OCH3 is 1. The Morgan fingerprint density at radius 2 is 1.79 bits per heavy atom. The van der Waals surface area contributed by atoms with Gasteiger partial charge in [0, 0.05) is 12.0 Å². The molecule has 8 heteroatoms. The first-order chi connectivity index (χ1) is 12.7. The van der Waals surface area contributed by atoms with Gasteiger partial charge in [0.1, 0.15) is 11.5 Å². The molecule has 1 atom stereocenters. The van der Waals surface area contributed by atoms with Crippen LogP contribution in [0.2, 0.25) is 0 Å². The smallest absolute Gasteiger partial charge is 0.228 e. The number of carbonyl (C=O) groups is 1. The molecule has 2 aromatic rings. The molecule has 2 fully saturated rings. The van der Waals surface area contributed by atoms with E-state index in [0.717, 1.165) is 38.1 Å². The molecule has 1 amide bonds. The van der Waals surface area contributed by atoms with Gasteiger partial charge >= 0.3 is 0 Å². The van der Waals surface area contributed by atoms with Crippen molar-refractivity contribution in [1.29, 1.82) is 0 Å². The maximum Gasteiger partial charge on any atom is 0.228 e. The molecule has 1 spiro atoms. The highest BCUT2D eigenvalue weighted by molar-refractivity contribution is 5.95. The summed E-state index contributed by atoms with van der Waals surface area (Å²) in [6.07, 6.45) is 4.83. The van der Waals surface area contributed by atoms with Gasteiger partial charge in [0.25, 0.3) is 0 Å². The van der Waals surface area contributed by atoms with Crippen molar-refractivity contribution in [2.75, 3.05) is 25.5 Å². The lowest BCUT2D eigenvalue weighted by Gasteiger charge is -2.23. The average Bonchev–Trinajstić information content (AvgIpc) is 3.37. The van der Waals surface area contributed by atoms with Gasteiger partial charge in [-0.25, -0.2) is 4.98 Å². The number of pyridine rings is 1.